The van der Waals surface area contributed by atoms with Gasteiger partial charge in [-0.25, -0.2) is 0 Å². The Kier molecular flexibility index (Phi) is 24.5. The summed E-state index contributed by atoms with van der Waals surface area (Å²) in [6, 6.07) is 4.26. The maximum atomic E-state index is 14.5. The average Bonchev–Trinajstić information content (AvgIpc) is 3.27. The van der Waals surface area contributed by atoms with Crippen molar-refractivity contribution in [3.8, 4) is 11.5 Å². The number of nitrogens with zero attached hydrogens (tertiary/aromatic N) is 2. The first-order valence-corrected chi connectivity index (χ1v) is 22.2. The molecule has 0 spiro atoms. The number of aromatic hydroxyl groups is 2. The highest BCUT2D eigenvalue weighted by molar-refractivity contribution is 5.97. The van der Waals surface area contributed by atoms with Crippen LogP contribution in [0.25, 0.3) is 0 Å². The lowest BCUT2D eigenvalue weighted by molar-refractivity contribution is -0.136. The molecule has 0 aromatic heterocycles. The highest BCUT2D eigenvalue weighted by atomic mass is 16.3. The highest BCUT2D eigenvalue weighted by Crippen LogP contribution is 2.16. The molecule has 2 rings (SSSR count). The quantitative estimate of drug-likeness (QED) is 0.0220. The van der Waals surface area contributed by atoms with Gasteiger partial charge in [0.15, 0.2) is 11.9 Å². The summed E-state index contributed by atoms with van der Waals surface area (Å²) < 4.78 is 0. The zero-order valence-electron chi connectivity index (χ0n) is 38.5. The van der Waals surface area contributed by atoms with Gasteiger partial charge in [0.25, 0.3) is 0 Å². The van der Waals surface area contributed by atoms with Crippen molar-refractivity contribution >= 4 is 53.3 Å². The van der Waals surface area contributed by atoms with Gasteiger partial charge >= 0.3 is 0 Å². The van der Waals surface area contributed by atoms with Crippen molar-refractivity contribution in [3.63, 3.8) is 0 Å². The largest absolute Gasteiger partial charge is 0.508 e. The Labute approximate surface area is 390 Å². The predicted octanol–water partition coefficient (Wildman–Crippen LogP) is -2.42. The molecule has 67 heavy (non-hydrogen) atoms. The summed E-state index contributed by atoms with van der Waals surface area (Å²) in [6.07, 6.45) is 1.98. The minimum Gasteiger partial charge on any atom is -0.508 e. The fraction of sp³-hybridized carbons (Fsp3) is 0.523. The molecule has 0 heterocycles. The Morgan fingerprint density at radius 1 is 0.537 bits per heavy atom. The van der Waals surface area contributed by atoms with Crippen LogP contribution in [0.1, 0.15) is 83.3 Å². The fourth-order valence-corrected chi connectivity index (χ4v) is 6.76. The number of unbranched alkanes of at least 4 members (excludes halogenated alkanes) is 1. The van der Waals surface area contributed by atoms with Crippen molar-refractivity contribution < 1.29 is 43.8 Å². The van der Waals surface area contributed by atoms with Gasteiger partial charge in [0.1, 0.15) is 47.8 Å². The molecule has 2 aromatic carbocycles. The first-order chi connectivity index (χ1) is 31.7. The molecule has 0 saturated heterocycles. The van der Waals surface area contributed by atoms with Gasteiger partial charge in [-0.15, -0.1) is 0 Å². The number of rotatable bonds is 30. The van der Waals surface area contributed by atoms with E-state index < -0.39 is 83.5 Å². The van der Waals surface area contributed by atoms with E-state index in [2.05, 4.69) is 41.9 Å². The van der Waals surface area contributed by atoms with E-state index in [1.54, 1.807) is 6.92 Å². The third-order valence-corrected chi connectivity index (χ3v) is 10.6. The summed E-state index contributed by atoms with van der Waals surface area (Å²) >= 11 is 0. The van der Waals surface area contributed by atoms with Crippen LogP contribution >= 0.6 is 0 Å². The summed E-state index contributed by atoms with van der Waals surface area (Å²) in [7, 11) is 0. The lowest BCUT2D eigenvalue weighted by Crippen LogP contribution is -2.61. The first-order valence-electron chi connectivity index (χ1n) is 22.2. The monoisotopic (exact) mass is 939 g/mol. The van der Waals surface area contributed by atoms with E-state index in [-0.39, 0.29) is 81.5 Å². The molecule has 23 nitrogen and oxygen atoms in total. The topological polar surface area (TPSA) is 413 Å². The second kappa shape index (κ2) is 29.4. The van der Waals surface area contributed by atoms with E-state index in [0.29, 0.717) is 36.9 Å². The Hall–Kier alpha value is -7.17. The number of guanidine groups is 2. The third-order valence-electron chi connectivity index (χ3n) is 10.6. The van der Waals surface area contributed by atoms with Crippen LogP contribution in [0, 0.1) is 5.92 Å². The number of phenols is 2. The number of nitrogens with one attached hydrogen (secondary N) is 6. The van der Waals surface area contributed by atoms with E-state index in [0.717, 1.165) is 0 Å². The van der Waals surface area contributed by atoms with Gasteiger partial charge in [0.2, 0.25) is 41.4 Å². The number of nitrogens with two attached hydrogens (primary N) is 6. The van der Waals surface area contributed by atoms with Crippen LogP contribution in [0.3, 0.4) is 0 Å². The minimum absolute atomic E-state index is 0.0423. The standard InChI is InChI=1S/C44H70N14O9/c1-4-25(2)36(42(67)54-31(37(46)62)9-5-6-20-45)58-39(64)33(11-8-22-52-44(49)50)55-40(65)34(23-27-12-16-29(60)17-13-27)57-41(66)35(24-28-14-18-30(61)19-15-28)56-38(63)32(53-26(3)59)10-7-21-51-43(47)48/h12-19,25,31-36,60-61H,4-11,20-24,45H2,1-3H3,(H2,46,62)(H,53,59)(H,54,67)(H,55,65)(H,56,63)(H,57,66)(H,58,64)(H4,47,48,51)(H4,49,50,52)/t25-,31+,32-,33-,34-,35+,36+/m1/s1. The highest BCUT2D eigenvalue weighted by Gasteiger charge is 2.34. The van der Waals surface area contributed by atoms with Crippen LogP contribution in [-0.4, -0.2) is 119 Å². The maximum Gasteiger partial charge on any atom is 0.243 e. The molecule has 0 radical (unpaired) electrons. The normalized spacial score (nSPS) is 14.0. The number of carbonyl (C=O) groups excluding carboxylic acids is 7. The number of carbonyl (C=O) groups is 7. The van der Waals surface area contributed by atoms with Gasteiger partial charge in [-0.2, -0.15) is 0 Å². The van der Waals surface area contributed by atoms with E-state index in [9.17, 15) is 43.8 Å². The van der Waals surface area contributed by atoms with Crippen molar-refractivity contribution in [2.24, 2.45) is 50.3 Å². The third kappa shape index (κ3) is 21.6. The molecule has 0 unspecified atom stereocenters. The predicted molar refractivity (Wildman–Crippen MR) is 252 cm³/mol. The Morgan fingerprint density at radius 3 is 1.33 bits per heavy atom. The summed E-state index contributed by atoms with van der Waals surface area (Å²) in [6.45, 7) is 5.36. The molecular formula is C44H70N14O9. The van der Waals surface area contributed by atoms with E-state index in [4.69, 9.17) is 34.4 Å². The Morgan fingerprint density at radius 2 is 0.925 bits per heavy atom. The van der Waals surface area contributed by atoms with Gasteiger partial charge < -0.3 is 76.5 Å². The van der Waals surface area contributed by atoms with Crippen LogP contribution < -0.4 is 66.3 Å². The van der Waals surface area contributed by atoms with Crippen LogP contribution in [0.5, 0.6) is 11.5 Å². The van der Waals surface area contributed by atoms with Gasteiger partial charge in [-0.3, -0.25) is 43.5 Å². The zero-order chi connectivity index (χ0) is 50.1. The van der Waals surface area contributed by atoms with Crippen molar-refractivity contribution in [3.05, 3.63) is 59.7 Å². The van der Waals surface area contributed by atoms with Crippen LogP contribution in [0.2, 0.25) is 0 Å². The Balaban J connectivity index is 2.56. The summed E-state index contributed by atoms with van der Waals surface area (Å²) in [4.78, 5) is 103. The second-order valence-electron chi connectivity index (χ2n) is 16.2. The van der Waals surface area contributed by atoms with E-state index in [1.807, 2.05) is 6.92 Å². The molecule has 0 aliphatic heterocycles. The van der Waals surface area contributed by atoms with Gasteiger partial charge in [0.05, 0.1) is 0 Å². The summed E-state index contributed by atoms with van der Waals surface area (Å²) in [5.41, 5.74) is 34.1. The number of benzene rings is 2. The molecule has 0 aliphatic rings. The van der Waals surface area contributed by atoms with E-state index in [1.165, 1.54) is 55.5 Å². The molecular weight excluding hydrogens is 869 g/mol. The molecule has 0 fully saturated rings. The van der Waals surface area contributed by atoms with Crippen molar-refractivity contribution in [2.45, 2.75) is 121 Å². The maximum absolute atomic E-state index is 14.5. The molecule has 20 N–H and O–H groups in total. The molecule has 2 aromatic rings. The molecule has 7 amide bonds. The Bertz CT molecular complexity index is 1990. The van der Waals surface area contributed by atoms with Crippen molar-refractivity contribution in [2.75, 3.05) is 19.6 Å². The number of amides is 7. The number of hydrogen-bond donors (Lipinski definition) is 14. The van der Waals surface area contributed by atoms with Crippen LogP contribution in [0.15, 0.2) is 58.5 Å². The smallest absolute Gasteiger partial charge is 0.243 e. The lowest BCUT2D eigenvalue weighted by atomic mass is 9.96. The molecule has 0 saturated carbocycles. The lowest BCUT2D eigenvalue weighted by Gasteiger charge is -2.29. The van der Waals surface area contributed by atoms with Crippen molar-refractivity contribution in [1.29, 1.82) is 0 Å². The average molecular weight is 939 g/mol. The van der Waals surface area contributed by atoms with E-state index >= 15 is 0 Å². The first kappa shape index (κ1) is 56.0. The molecule has 7 atom stereocenters. The molecule has 0 aliphatic carbocycles. The SMILES string of the molecule is CC[C@@H](C)[C@H](NC(=O)[C@@H](CCCN=C(N)N)NC(=O)[C@@H](Cc1ccc(O)cc1)NC(=O)[C@H](Cc1ccc(O)cc1)NC(=O)[C@@H](CCCN=C(N)N)NC(C)=O)C(=O)N[C@@H](CCCCN)C(N)=O. The fourth-order valence-electron chi connectivity index (χ4n) is 6.76. The van der Waals surface area contributed by atoms with Crippen LogP contribution in [-0.2, 0) is 46.4 Å². The zero-order valence-corrected chi connectivity index (χ0v) is 38.5. The van der Waals surface area contributed by atoms with Gasteiger partial charge in [-0.05, 0) is 92.8 Å². The van der Waals surface area contributed by atoms with Gasteiger partial charge in [0, 0.05) is 32.9 Å². The molecule has 23 heteroatoms. The number of primary amides is 1. The number of phenolic OH excluding ortho intramolecular Hbond substituents is 2. The summed E-state index contributed by atoms with van der Waals surface area (Å²) in [5, 5.41) is 36.0. The second-order valence-corrected chi connectivity index (χ2v) is 16.2. The van der Waals surface area contributed by atoms with Gasteiger partial charge in [-0.1, -0.05) is 44.5 Å². The summed E-state index contributed by atoms with van der Waals surface area (Å²) in [5.74, 6) is -6.04. The van der Waals surface area contributed by atoms with Crippen molar-refractivity contribution in [1.82, 2.24) is 31.9 Å². The minimum atomic E-state index is -1.42. The number of hydrogen-bond acceptors (Lipinski definition) is 12. The molecule has 0 bridgehead atoms. The van der Waals surface area contributed by atoms with Crippen LogP contribution in [0.4, 0.5) is 0 Å². The molecule has 370 valence electrons. The number of aliphatic imine (C=N–C) groups is 2.